The van der Waals surface area contributed by atoms with Crippen molar-refractivity contribution in [2.75, 3.05) is 5.32 Å². The molecule has 0 saturated heterocycles. The van der Waals surface area contributed by atoms with E-state index in [9.17, 15) is 14.9 Å². The highest BCUT2D eigenvalue weighted by Crippen LogP contribution is 2.25. The third kappa shape index (κ3) is 3.56. The van der Waals surface area contributed by atoms with Crippen molar-refractivity contribution in [3.05, 3.63) is 61.2 Å². The highest BCUT2D eigenvalue weighted by molar-refractivity contribution is 9.10. The zero-order valence-electron chi connectivity index (χ0n) is 10.8. The molecule has 0 spiro atoms. The fraction of sp³-hybridized carbons (Fsp3) is 0.0769. The Morgan fingerprint density at radius 2 is 2.14 bits per heavy atom. The monoisotopic (exact) mass is 369 g/mol. The number of pyridine rings is 1. The Morgan fingerprint density at radius 1 is 1.43 bits per heavy atom. The van der Waals surface area contributed by atoms with Gasteiger partial charge in [0.25, 0.3) is 11.6 Å². The van der Waals surface area contributed by atoms with Crippen LogP contribution in [0.25, 0.3) is 0 Å². The maximum Gasteiger partial charge on any atom is 0.287 e. The van der Waals surface area contributed by atoms with E-state index in [0.29, 0.717) is 5.82 Å². The van der Waals surface area contributed by atoms with Gasteiger partial charge in [-0.15, -0.1) is 0 Å². The summed E-state index contributed by atoms with van der Waals surface area (Å²) in [7, 11) is 0. The lowest BCUT2D eigenvalue weighted by atomic mass is 10.2. The molecular formula is C13H9BrClN3O3. The number of halogens is 2. The molecule has 0 fully saturated rings. The van der Waals surface area contributed by atoms with Gasteiger partial charge in [-0.3, -0.25) is 14.9 Å². The number of aryl methyl sites for hydroxylation is 1. The lowest BCUT2D eigenvalue weighted by molar-refractivity contribution is -0.384. The van der Waals surface area contributed by atoms with Gasteiger partial charge in [0, 0.05) is 22.3 Å². The molecule has 0 aliphatic heterocycles. The maximum atomic E-state index is 12.1. The van der Waals surface area contributed by atoms with Crippen LogP contribution in [0.3, 0.4) is 0 Å². The molecule has 8 heteroatoms. The topological polar surface area (TPSA) is 85.1 Å². The number of anilines is 1. The van der Waals surface area contributed by atoms with E-state index >= 15 is 0 Å². The number of nitrogens with zero attached hydrogens (tertiary/aromatic N) is 2. The van der Waals surface area contributed by atoms with Crippen LogP contribution in [0.1, 0.15) is 15.9 Å². The van der Waals surface area contributed by atoms with Crippen LogP contribution < -0.4 is 5.32 Å². The van der Waals surface area contributed by atoms with Gasteiger partial charge in [-0.1, -0.05) is 11.6 Å². The predicted molar refractivity (Wildman–Crippen MR) is 82.7 cm³/mol. The van der Waals surface area contributed by atoms with Gasteiger partial charge in [-0.2, -0.15) is 0 Å². The van der Waals surface area contributed by atoms with Crippen LogP contribution in [-0.2, 0) is 0 Å². The van der Waals surface area contributed by atoms with E-state index in [1.54, 1.807) is 12.3 Å². The van der Waals surface area contributed by atoms with Crippen molar-refractivity contribution in [2.45, 2.75) is 6.92 Å². The van der Waals surface area contributed by atoms with Gasteiger partial charge in [0.05, 0.1) is 4.92 Å². The van der Waals surface area contributed by atoms with Crippen molar-refractivity contribution in [3.63, 3.8) is 0 Å². The predicted octanol–water partition coefficient (Wildman–Crippen LogP) is 3.97. The molecule has 0 aliphatic rings. The molecule has 2 rings (SSSR count). The number of hydrogen-bond acceptors (Lipinski definition) is 4. The van der Waals surface area contributed by atoms with Crippen LogP contribution >= 0.6 is 27.5 Å². The number of nitro benzene ring substituents is 1. The Hall–Kier alpha value is -1.99. The minimum Gasteiger partial charge on any atom is -0.307 e. The maximum absolute atomic E-state index is 12.1. The molecule has 0 bridgehead atoms. The first kappa shape index (κ1) is 15.4. The van der Waals surface area contributed by atoms with Crippen LogP contribution in [-0.4, -0.2) is 15.8 Å². The first-order chi connectivity index (χ1) is 9.88. The molecule has 0 radical (unpaired) electrons. The molecular weight excluding hydrogens is 362 g/mol. The number of nitro groups is 1. The quantitative estimate of drug-likeness (QED) is 0.654. The zero-order chi connectivity index (χ0) is 15.6. The summed E-state index contributed by atoms with van der Waals surface area (Å²) in [5, 5.41) is 13.2. The van der Waals surface area contributed by atoms with Crippen molar-refractivity contribution >= 4 is 44.9 Å². The molecule has 0 unspecified atom stereocenters. The molecule has 21 heavy (non-hydrogen) atoms. The molecule has 1 heterocycles. The summed E-state index contributed by atoms with van der Waals surface area (Å²) >= 11 is 9.09. The van der Waals surface area contributed by atoms with Crippen molar-refractivity contribution in [1.29, 1.82) is 0 Å². The van der Waals surface area contributed by atoms with E-state index in [1.165, 1.54) is 18.2 Å². The van der Waals surface area contributed by atoms with Crippen LogP contribution in [0.2, 0.25) is 5.02 Å². The van der Waals surface area contributed by atoms with E-state index in [1.807, 2.05) is 6.92 Å². The van der Waals surface area contributed by atoms with Crippen molar-refractivity contribution in [2.24, 2.45) is 0 Å². The molecule has 1 aromatic heterocycles. The third-order valence-corrected chi connectivity index (χ3v) is 3.83. The molecule has 0 aliphatic carbocycles. The highest BCUT2D eigenvalue weighted by Gasteiger charge is 2.15. The third-order valence-electron chi connectivity index (χ3n) is 2.70. The Labute approximate surface area is 133 Å². The van der Waals surface area contributed by atoms with Crippen molar-refractivity contribution < 1.29 is 9.72 Å². The second-order valence-electron chi connectivity index (χ2n) is 4.20. The van der Waals surface area contributed by atoms with Gasteiger partial charge in [0.1, 0.15) is 10.8 Å². The minimum absolute atomic E-state index is 0.0902. The lowest BCUT2D eigenvalue weighted by Gasteiger charge is -2.06. The van der Waals surface area contributed by atoms with E-state index in [0.717, 1.165) is 10.0 Å². The number of carbonyl (C=O) groups is 1. The Bertz CT molecular complexity index is 737. The molecule has 0 saturated carbocycles. The van der Waals surface area contributed by atoms with E-state index in [-0.39, 0.29) is 16.3 Å². The van der Waals surface area contributed by atoms with E-state index < -0.39 is 10.8 Å². The number of aromatic nitrogens is 1. The van der Waals surface area contributed by atoms with Crippen LogP contribution in [0.4, 0.5) is 11.5 Å². The van der Waals surface area contributed by atoms with Crippen LogP contribution in [0.15, 0.2) is 34.9 Å². The number of rotatable bonds is 3. The first-order valence-electron chi connectivity index (χ1n) is 5.76. The summed E-state index contributed by atoms with van der Waals surface area (Å²) in [4.78, 5) is 26.2. The van der Waals surface area contributed by atoms with Crippen LogP contribution in [0, 0.1) is 17.0 Å². The number of nitrogens with one attached hydrogen (secondary N) is 1. The average molecular weight is 371 g/mol. The molecule has 2 aromatic rings. The van der Waals surface area contributed by atoms with Gasteiger partial charge in [0.15, 0.2) is 0 Å². The fourth-order valence-electron chi connectivity index (χ4n) is 1.59. The van der Waals surface area contributed by atoms with Gasteiger partial charge >= 0.3 is 0 Å². The highest BCUT2D eigenvalue weighted by atomic mass is 79.9. The largest absolute Gasteiger partial charge is 0.307 e. The molecule has 1 N–H and O–H groups in total. The number of benzene rings is 1. The van der Waals surface area contributed by atoms with Gasteiger partial charge in [-0.05, 0) is 46.6 Å². The smallest absolute Gasteiger partial charge is 0.287 e. The SMILES string of the molecule is Cc1cc(NC(=O)c2ccc([N+](=O)[O-])c(Cl)c2)ncc1Br. The second kappa shape index (κ2) is 6.19. The second-order valence-corrected chi connectivity index (χ2v) is 5.46. The van der Waals surface area contributed by atoms with Crippen molar-refractivity contribution in [1.82, 2.24) is 4.98 Å². The molecule has 108 valence electrons. The van der Waals surface area contributed by atoms with Gasteiger partial charge in [-0.25, -0.2) is 4.98 Å². The summed E-state index contributed by atoms with van der Waals surface area (Å²) in [6, 6.07) is 5.48. The number of amides is 1. The van der Waals surface area contributed by atoms with E-state index in [4.69, 9.17) is 11.6 Å². The van der Waals surface area contributed by atoms with Crippen molar-refractivity contribution in [3.8, 4) is 0 Å². The summed E-state index contributed by atoms with van der Waals surface area (Å²) in [5.74, 6) is -0.0591. The number of hydrogen-bond donors (Lipinski definition) is 1. The van der Waals surface area contributed by atoms with Gasteiger partial charge < -0.3 is 5.32 Å². The van der Waals surface area contributed by atoms with Gasteiger partial charge in [0.2, 0.25) is 0 Å². The fourth-order valence-corrected chi connectivity index (χ4v) is 2.06. The van der Waals surface area contributed by atoms with E-state index in [2.05, 4.69) is 26.2 Å². The average Bonchev–Trinajstić information content (AvgIpc) is 2.42. The Balaban J connectivity index is 2.22. The Kier molecular flexibility index (Phi) is 4.54. The summed E-state index contributed by atoms with van der Waals surface area (Å²) < 4.78 is 0.832. The summed E-state index contributed by atoms with van der Waals surface area (Å²) in [6.07, 6.45) is 1.58. The zero-order valence-corrected chi connectivity index (χ0v) is 13.1. The first-order valence-corrected chi connectivity index (χ1v) is 6.93. The summed E-state index contributed by atoms with van der Waals surface area (Å²) in [5.41, 5.74) is 0.890. The standard InChI is InChI=1S/C13H9BrClN3O3/c1-7-4-12(16-6-9(7)14)17-13(19)8-2-3-11(18(20)21)10(15)5-8/h2-6H,1H3,(H,16,17,19). The lowest BCUT2D eigenvalue weighted by Crippen LogP contribution is -2.13. The normalized spacial score (nSPS) is 10.2. The molecule has 1 amide bonds. The molecule has 6 nitrogen and oxygen atoms in total. The molecule has 1 aromatic carbocycles. The minimum atomic E-state index is -0.607. The summed E-state index contributed by atoms with van der Waals surface area (Å²) in [6.45, 7) is 1.87. The molecule has 0 atom stereocenters. The Morgan fingerprint density at radius 3 is 2.71 bits per heavy atom. The van der Waals surface area contributed by atoms with Crippen LogP contribution in [0.5, 0.6) is 0 Å². The number of carbonyl (C=O) groups excluding carboxylic acids is 1.